The van der Waals surface area contributed by atoms with Gasteiger partial charge < -0.3 is 10.6 Å². The second-order valence-electron chi connectivity index (χ2n) is 5.28. The lowest BCUT2D eigenvalue weighted by Crippen LogP contribution is -2.15. The highest BCUT2D eigenvalue weighted by atomic mass is 35.5. The fraction of sp³-hybridized carbons (Fsp3) is 0.0556. The van der Waals surface area contributed by atoms with Gasteiger partial charge in [0.15, 0.2) is 0 Å². The van der Waals surface area contributed by atoms with Crippen LogP contribution in [0.2, 0.25) is 10.0 Å². The Morgan fingerprint density at radius 2 is 1.44 bits per heavy atom. The minimum Gasteiger partial charge on any atom is -0.340 e. The number of hydrogen-bond donors (Lipinski definition) is 2. The number of aromatic nitrogens is 2. The van der Waals surface area contributed by atoms with Crippen molar-refractivity contribution in [1.29, 1.82) is 0 Å². The van der Waals surface area contributed by atoms with Gasteiger partial charge in [0.25, 0.3) is 5.91 Å². The summed E-state index contributed by atoms with van der Waals surface area (Å²) in [4.78, 5) is 20.9. The van der Waals surface area contributed by atoms with E-state index in [1.165, 1.54) is 0 Å². The molecule has 0 radical (unpaired) electrons. The highest BCUT2D eigenvalue weighted by Crippen LogP contribution is 2.19. The van der Waals surface area contributed by atoms with E-state index >= 15 is 0 Å². The van der Waals surface area contributed by atoms with Crippen molar-refractivity contribution in [2.75, 3.05) is 10.6 Å². The monoisotopic (exact) mass is 372 g/mol. The van der Waals surface area contributed by atoms with Crippen molar-refractivity contribution in [1.82, 2.24) is 9.97 Å². The number of carbonyl (C=O) groups excluding carboxylic acids is 1. The number of halogens is 2. The Kier molecular flexibility index (Phi) is 5.16. The van der Waals surface area contributed by atoms with Crippen molar-refractivity contribution in [2.24, 2.45) is 0 Å². The maximum Gasteiger partial charge on any atom is 0.274 e. The van der Waals surface area contributed by atoms with Gasteiger partial charge >= 0.3 is 0 Å². The lowest BCUT2D eigenvalue weighted by atomic mass is 10.3. The molecule has 0 bridgehead atoms. The summed E-state index contributed by atoms with van der Waals surface area (Å²) in [5.41, 5.74) is 1.71. The SMILES string of the molecule is Cc1nc(Nc2ccc(Cl)cc2)cc(C(=O)Nc2ccc(Cl)cc2)n1. The Balaban J connectivity index is 1.79. The van der Waals surface area contributed by atoms with Crippen LogP contribution in [0.5, 0.6) is 0 Å². The molecule has 1 heterocycles. The third-order valence-electron chi connectivity index (χ3n) is 3.29. The van der Waals surface area contributed by atoms with Gasteiger partial charge in [-0.05, 0) is 55.5 Å². The van der Waals surface area contributed by atoms with Crippen LogP contribution < -0.4 is 10.6 Å². The maximum atomic E-state index is 12.4. The minimum absolute atomic E-state index is 0.263. The first-order valence-electron chi connectivity index (χ1n) is 7.45. The molecule has 0 spiro atoms. The van der Waals surface area contributed by atoms with Crippen molar-refractivity contribution in [2.45, 2.75) is 6.92 Å². The Morgan fingerprint density at radius 3 is 2.04 bits per heavy atom. The van der Waals surface area contributed by atoms with Crippen molar-refractivity contribution >= 4 is 46.3 Å². The second-order valence-corrected chi connectivity index (χ2v) is 6.15. The summed E-state index contributed by atoms with van der Waals surface area (Å²) >= 11 is 11.7. The molecule has 3 aromatic rings. The highest BCUT2D eigenvalue weighted by molar-refractivity contribution is 6.30. The normalized spacial score (nSPS) is 10.4. The lowest BCUT2D eigenvalue weighted by Gasteiger charge is -2.09. The summed E-state index contributed by atoms with van der Waals surface area (Å²) in [5.74, 6) is 0.684. The van der Waals surface area contributed by atoms with E-state index < -0.39 is 0 Å². The van der Waals surface area contributed by atoms with Crippen molar-refractivity contribution in [3.8, 4) is 0 Å². The van der Waals surface area contributed by atoms with Gasteiger partial charge in [-0.15, -0.1) is 0 Å². The predicted molar refractivity (Wildman–Crippen MR) is 101 cm³/mol. The van der Waals surface area contributed by atoms with Crippen LogP contribution in [0.1, 0.15) is 16.3 Å². The summed E-state index contributed by atoms with van der Waals surface area (Å²) in [6.45, 7) is 1.73. The molecule has 0 atom stereocenters. The number of rotatable bonds is 4. The summed E-state index contributed by atoms with van der Waals surface area (Å²) in [6, 6.07) is 15.6. The van der Waals surface area contributed by atoms with E-state index in [9.17, 15) is 4.79 Å². The summed E-state index contributed by atoms with van der Waals surface area (Å²) in [7, 11) is 0. The highest BCUT2D eigenvalue weighted by Gasteiger charge is 2.11. The van der Waals surface area contributed by atoms with Gasteiger partial charge in [0, 0.05) is 27.5 Å². The third-order valence-corrected chi connectivity index (χ3v) is 3.79. The Bertz CT molecular complexity index is 896. The summed E-state index contributed by atoms with van der Waals surface area (Å²) in [5, 5.41) is 7.16. The van der Waals surface area contributed by atoms with Crippen LogP contribution in [0, 0.1) is 6.92 Å². The van der Waals surface area contributed by atoms with Crippen molar-refractivity contribution in [3.63, 3.8) is 0 Å². The Hall–Kier alpha value is -2.63. The molecular formula is C18H14Cl2N4O. The Labute approximate surface area is 155 Å². The van der Waals surface area contributed by atoms with Crippen LogP contribution in [0.15, 0.2) is 54.6 Å². The van der Waals surface area contributed by atoms with Crippen LogP contribution in [-0.4, -0.2) is 15.9 Å². The number of aryl methyl sites for hydroxylation is 1. The zero-order valence-corrected chi connectivity index (χ0v) is 14.8. The lowest BCUT2D eigenvalue weighted by molar-refractivity contribution is 0.102. The van der Waals surface area contributed by atoms with Crippen LogP contribution in [-0.2, 0) is 0 Å². The number of carbonyl (C=O) groups is 1. The number of nitrogens with zero attached hydrogens (tertiary/aromatic N) is 2. The number of nitrogens with one attached hydrogen (secondary N) is 2. The van der Waals surface area contributed by atoms with E-state index in [1.54, 1.807) is 49.4 Å². The molecule has 0 unspecified atom stereocenters. The zero-order chi connectivity index (χ0) is 17.8. The molecule has 0 fully saturated rings. The van der Waals surface area contributed by atoms with Crippen LogP contribution >= 0.6 is 23.2 Å². The molecule has 0 aliphatic carbocycles. The molecule has 0 saturated carbocycles. The standard InChI is InChI=1S/C18H14Cl2N4O/c1-11-21-16(18(25)24-15-8-4-13(20)5-9-15)10-17(22-11)23-14-6-2-12(19)3-7-14/h2-10H,1H3,(H,24,25)(H,21,22,23). The van der Waals surface area contributed by atoms with Gasteiger partial charge in [-0.2, -0.15) is 0 Å². The molecule has 3 rings (SSSR count). The summed E-state index contributed by atoms with van der Waals surface area (Å²) in [6.07, 6.45) is 0. The second kappa shape index (κ2) is 7.51. The third kappa shape index (κ3) is 4.68. The topological polar surface area (TPSA) is 66.9 Å². The molecule has 2 aromatic carbocycles. The molecule has 0 aliphatic heterocycles. The predicted octanol–water partition coefficient (Wildman–Crippen LogP) is 5.09. The van der Waals surface area contributed by atoms with Crippen LogP contribution in [0.3, 0.4) is 0 Å². The van der Waals surface area contributed by atoms with E-state index in [4.69, 9.17) is 23.2 Å². The molecule has 7 heteroatoms. The first kappa shape index (κ1) is 17.2. The van der Waals surface area contributed by atoms with Gasteiger partial charge in [-0.25, -0.2) is 9.97 Å². The number of hydrogen-bond acceptors (Lipinski definition) is 4. The van der Waals surface area contributed by atoms with E-state index in [0.717, 1.165) is 5.69 Å². The molecule has 0 saturated heterocycles. The molecular weight excluding hydrogens is 359 g/mol. The first-order chi connectivity index (χ1) is 12.0. The molecule has 0 aliphatic rings. The van der Waals surface area contributed by atoms with Crippen molar-refractivity contribution in [3.05, 3.63) is 76.2 Å². The van der Waals surface area contributed by atoms with E-state index in [2.05, 4.69) is 20.6 Å². The van der Waals surface area contributed by atoms with Gasteiger partial charge in [-0.1, -0.05) is 23.2 Å². The number of benzene rings is 2. The van der Waals surface area contributed by atoms with Gasteiger partial charge in [0.1, 0.15) is 17.3 Å². The molecule has 25 heavy (non-hydrogen) atoms. The zero-order valence-electron chi connectivity index (χ0n) is 13.3. The van der Waals surface area contributed by atoms with Gasteiger partial charge in [0.05, 0.1) is 0 Å². The number of amides is 1. The molecule has 1 aromatic heterocycles. The van der Waals surface area contributed by atoms with Gasteiger partial charge in [-0.3, -0.25) is 4.79 Å². The fourth-order valence-corrected chi connectivity index (χ4v) is 2.41. The smallest absolute Gasteiger partial charge is 0.274 e. The average Bonchev–Trinajstić information content (AvgIpc) is 2.58. The van der Waals surface area contributed by atoms with Crippen molar-refractivity contribution < 1.29 is 4.79 Å². The fourth-order valence-electron chi connectivity index (χ4n) is 2.16. The van der Waals surface area contributed by atoms with E-state index in [-0.39, 0.29) is 11.6 Å². The molecule has 1 amide bonds. The van der Waals surface area contributed by atoms with Crippen LogP contribution in [0.25, 0.3) is 0 Å². The maximum absolute atomic E-state index is 12.4. The summed E-state index contributed by atoms with van der Waals surface area (Å²) < 4.78 is 0. The number of anilines is 3. The largest absolute Gasteiger partial charge is 0.340 e. The first-order valence-corrected chi connectivity index (χ1v) is 8.20. The Morgan fingerprint density at radius 1 is 0.880 bits per heavy atom. The van der Waals surface area contributed by atoms with Crippen LogP contribution in [0.4, 0.5) is 17.2 Å². The molecule has 5 nitrogen and oxygen atoms in total. The minimum atomic E-state index is -0.327. The average molecular weight is 373 g/mol. The molecule has 2 N–H and O–H groups in total. The quantitative estimate of drug-likeness (QED) is 0.669. The molecule has 126 valence electrons. The van der Waals surface area contributed by atoms with E-state index in [1.807, 2.05) is 12.1 Å². The van der Waals surface area contributed by atoms with Gasteiger partial charge in [0.2, 0.25) is 0 Å². The van der Waals surface area contributed by atoms with E-state index in [0.29, 0.717) is 27.4 Å².